The van der Waals surface area contributed by atoms with Crippen molar-refractivity contribution >= 4 is 34.2 Å². The molecule has 1 aliphatic rings. The molecule has 1 unspecified atom stereocenters. The van der Waals surface area contributed by atoms with Crippen LogP contribution < -0.4 is 5.62 Å². The van der Waals surface area contributed by atoms with Crippen molar-refractivity contribution in [3.05, 3.63) is 63.7 Å². The van der Waals surface area contributed by atoms with E-state index in [0.717, 1.165) is 50.4 Å². The molecular weight excluding hydrogens is 411 g/mol. The van der Waals surface area contributed by atoms with Crippen LogP contribution in [0, 0.1) is 5.41 Å². The van der Waals surface area contributed by atoms with Gasteiger partial charge >= 0.3 is 0 Å². The van der Waals surface area contributed by atoms with Gasteiger partial charge in [0.15, 0.2) is 0 Å². The van der Waals surface area contributed by atoms with Gasteiger partial charge in [-0.2, -0.15) is 0 Å². The van der Waals surface area contributed by atoms with Crippen molar-refractivity contribution < 1.29 is 9.84 Å². The lowest BCUT2D eigenvalue weighted by Crippen LogP contribution is -2.39. The lowest BCUT2D eigenvalue weighted by atomic mass is 10.1. The van der Waals surface area contributed by atoms with E-state index in [2.05, 4.69) is 4.90 Å². The Morgan fingerprint density at radius 3 is 2.34 bits per heavy atom. The molecule has 2 aromatic carbocycles. The number of aliphatic hydroxyl groups excluding tert-OH is 1. The highest BCUT2D eigenvalue weighted by molar-refractivity contribution is 6.42. The van der Waals surface area contributed by atoms with Crippen molar-refractivity contribution in [1.29, 1.82) is 5.41 Å². The highest BCUT2D eigenvalue weighted by atomic mass is 35.5. The van der Waals surface area contributed by atoms with Gasteiger partial charge in [0.2, 0.25) is 5.62 Å². The maximum Gasteiger partial charge on any atom is 0.203 e. The number of hydrogen-bond acceptors (Lipinski definition) is 4. The normalized spacial score (nSPS) is 16.4. The Hall–Kier alpha value is -1.83. The minimum absolute atomic E-state index is 0.266. The Balaban J connectivity index is 1.61. The molecular formula is C21H24Cl2N4O2. The number of fused-ring (bicyclic) bond motifs is 1. The van der Waals surface area contributed by atoms with E-state index in [1.165, 1.54) is 0 Å². The van der Waals surface area contributed by atoms with Gasteiger partial charge in [0.1, 0.15) is 0 Å². The van der Waals surface area contributed by atoms with E-state index in [1.807, 2.05) is 33.4 Å². The van der Waals surface area contributed by atoms with Crippen molar-refractivity contribution in [3.8, 4) is 0 Å². The lowest BCUT2D eigenvalue weighted by molar-refractivity contribution is 0.0363. The summed E-state index contributed by atoms with van der Waals surface area (Å²) in [6.07, 6.45) is -0.794. The fraction of sp³-hybridized carbons (Fsp3) is 0.381. The molecule has 8 heteroatoms. The summed E-state index contributed by atoms with van der Waals surface area (Å²) in [5.41, 5.74) is 2.97. The van der Waals surface area contributed by atoms with Crippen molar-refractivity contribution in [2.75, 3.05) is 32.8 Å². The quantitative estimate of drug-likeness (QED) is 0.625. The summed E-state index contributed by atoms with van der Waals surface area (Å²) < 4.78 is 9.27. The Morgan fingerprint density at radius 1 is 0.966 bits per heavy atom. The molecule has 0 radical (unpaired) electrons. The molecule has 0 saturated carbocycles. The van der Waals surface area contributed by atoms with Crippen LogP contribution in [0.2, 0.25) is 10.0 Å². The average molecular weight is 435 g/mol. The van der Waals surface area contributed by atoms with Crippen molar-refractivity contribution in [2.45, 2.75) is 19.2 Å². The number of nitrogens with zero attached hydrogens (tertiary/aromatic N) is 3. The first-order chi connectivity index (χ1) is 14.0. The number of rotatable bonds is 6. The van der Waals surface area contributed by atoms with Crippen LogP contribution in [-0.4, -0.2) is 52.0 Å². The van der Waals surface area contributed by atoms with Gasteiger partial charge in [-0.05, 0) is 29.8 Å². The molecule has 1 fully saturated rings. The SMILES string of the molecule is N=c1n(CCN2CCOCC2)c2ccccc2n1CC(O)c1ccc(Cl)c(Cl)c1. The number of hydrogen-bond donors (Lipinski definition) is 2. The Bertz CT molecular complexity index is 1060. The predicted octanol–water partition coefficient (Wildman–Crippen LogP) is 3.29. The first-order valence-corrected chi connectivity index (χ1v) is 10.5. The molecule has 29 heavy (non-hydrogen) atoms. The van der Waals surface area contributed by atoms with Crippen molar-refractivity contribution in [2.24, 2.45) is 0 Å². The molecule has 2 heterocycles. The van der Waals surface area contributed by atoms with E-state index >= 15 is 0 Å². The first kappa shape index (κ1) is 20.4. The summed E-state index contributed by atoms with van der Waals surface area (Å²) in [4.78, 5) is 2.35. The molecule has 4 rings (SSSR count). The molecule has 154 valence electrons. The summed E-state index contributed by atoms with van der Waals surface area (Å²) >= 11 is 12.1. The molecule has 0 amide bonds. The number of morpholine rings is 1. The Labute approximate surface area is 179 Å². The maximum atomic E-state index is 10.8. The van der Waals surface area contributed by atoms with Gasteiger partial charge in [0, 0.05) is 26.2 Å². The fourth-order valence-electron chi connectivity index (χ4n) is 3.77. The lowest BCUT2D eigenvalue weighted by Gasteiger charge is -2.26. The third kappa shape index (κ3) is 4.37. The number of aliphatic hydroxyl groups is 1. The van der Waals surface area contributed by atoms with Crippen molar-refractivity contribution in [1.82, 2.24) is 14.0 Å². The number of aromatic nitrogens is 2. The van der Waals surface area contributed by atoms with E-state index in [1.54, 1.807) is 18.2 Å². The third-order valence-corrected chi connectivity index (χ3v) is 6.14. The maximum absolute atomic E-state index is 10.8. The summed E-state index contributed by atoms with van der Waals surface area (Å²) in [6, 6.07) is 13.1. The van der Waals surface area contributed by atoms with Crippen molar-refractivity contribution in [3.63, 3.8) is 0 Å². The number of halogens is 2. The molecule has 1 aromatic heterocycles. The molecule has 1 aliphatic heterocycles. The summed E-state index contributed by atoms with van der Waals surface area (Å²) in [5, 5.41) is 20.4. The van der Waals surface area contributed by atoms with Crippen LogP contribution >= 0.6 is 23.2 Å². The van der Waals surface area contributed by atoms with Crippen LogP contribution in [0.3, 0.4) is 0 Å². The molecule has 1 saturated heterocycles. The fourth-order valence-corrected chi connectivity index (χ4v) is 4.08. The summed E-state index contributed by atoms with van der Waals surface area (Å²) in [6.45, 7) is 5.21. The average Bonchev–Trinajstić information content (AvgIpc) is 3.00. The van der Waals surface area contributed by atoms with Crippen LogP contribution in [0.4, 0.5) is 0 Å². The van der Waals surface area contributed by atoms with Gasteiger partial charge in [-0.25, -0.2) is 0 Å². The van der Waals surface area contributed by atoms with Crippen LogP contribution in [0.1, 0.15) is 11.7 Å². The van der Waals surface area contributed by atoms with E-state index in [4.69, 9.17) is 33.3 Å². The molecule has 0 spiro atoms. The second kappa shape index (κ2) is 8.90. The number of nitrogens with one attached hydrogen (secondary N) is 1. The van der Waals surface area contributed by atoms with Crippen LogP contribution in [-0.2, 0) is 17.8 Å². The minimum Gasteiger partial charge on any atom is -0.387 e. The largest absolute Gasteiger partial charge is 0.387 e. The standard InChI is InChI=1S/C21H24Cl2N4O2/c22-16-6-5-15(13-17(16)23)20(28)14-27-19-4-2-1-3-18(19)26(21(27)24)8-7-25-9-11-29-12-10-25/h1-6,13,20,24,28H,7-12,14H2. The van der Waals surface area contributed by atoms with Gasteiger partial charge in [0.05, 0.1) is 46.9 Å². The number of ether oxygens (including phenoxy) is 1. The Kier molecular flexibility index (Phi) is 6.27. The first-order valence-electron chi connectivity index (χ1n) is 9.70. The highest BCUT2D eigenvalue weighted by Crippen LogP contribution is 2.26. The minimum atomic E-state index is -0.794. The van der Waals surface area contributed by atoms with Crippen LogP contribution in [0.15, 0.2) is 42.5 Å². The number of imidazole rings is 1. The third-order valence-electron chi connectivity index (χ3n) is 5.40. The molecule has 0 aliphatic carbocycles. The monoisotopic (exact) mass is 434 g/mol. The molecule has 1 atom stereocenters. The van der Waals surface area contributed by atoms with Gasteiger partial charge in [-0.3, -0.25) is 10.3 Å². The molecule has 6 nitrogen and oxygen atoms in total. The number of benzene rings is 2. The van der Waals surface area contributed by atoms with Gasteiger partial charge in [0.25, 0.3) is 0 Å². The highest BCUT2D eigenvalue weighted by Gasteiger charge is 2.17. The number of para-hydroxylation sites is 2. The molecule has 0 bridgehead atoms. The topological polar surface area (TPSA) is 66.4 Å². The van der Waals surface area contributed by atoms with E-state index in [-0.39, 0.29) is 6.54 Å². The molecule has 2 N–H and O–H groups in total. The smallest absolute Gasteiger partial charge is 0.203 e. The summed E-state index contributed by atoms with van der Waals surface area (Å²) in [5.74, 6) is 0. The predicted molar refractivity (Wildman–Crippen MR) is 114 cm³/mol. The molecule has 3 aromatic rings. The second-order valence-electron chi connectivity index (χ2n) is 7.22. The van der Waals surface area contributed by atoms with Crippen LogP contribution in [0.25, 0.3) is 11.0 Å². The summed E-state index contributed by atoms with van der Waals surface area (Å²) in [7, 11) is 0. The second-order valence-corrected chi connectivity index (χ2v) is 8.03. The van der Waals surface area contributed by atoms with E-state index in [9.17, 15) is 5.11 Å². The zero-order valence-electron chi connectivity index (χ0n) is 16.0. The zero-order valence-corrected chi connectivity index (χ0v) is 17.5. The van der Waals surface area contributed by atoms with E-state index < -0.39 is 6.10 Å². The zero-order chi connectivity index (χ0) is 20.4. The van der Waals surface area contributed by atoms with E-state index in [0.29, 0.717) is 21.2 Å². The Morgan fingerprint density at radius 2 is 1.66 bits per heavy atom. The van der Waals surface area contributed by atoms with Crippen LogP contribution in [0.5, 0.6) is 0 Å². The van der Waals surface area contributed by atoms with Gasteiger partial charge < -0.3 is 19.0 Å². The van der Waals surface area contributed by atoms with Gasteiger partial charge in [-0.15, -0.1) is 0 Å². The van der Waals surface area contributed by atoms with Gasteiger partial charge in [-0.1, -0.05) is 41.4 Å².